The van der Waals surface area contributed by atoms with Crippen LogP contribution in [-0.4, -0.2) is 4.57 Å². The molecule has 0 aliphatic rings. The summed E-state index contributed by atoms with van der Waals surface area (Å²) in [5.74, 6) is -0.310. The van der Waals surface area contributed by atoms with Crippen LogP contribution in [0.25, 0.3) is 0 Å². The van der Waals surface area contributed by atoms with Gasteiger partial charge in [-0.05, 0) is 55.6 Å². The van der Waals surface area contributed by atoms with Gasteiger partial charge in [0.25, 0.3) is 5.56 Å². The summed E-state index contributed by atoms with van der Waals surface area (Å²) in [4.78, 5) is 11.6. The zero-order chi connectivity index (χ0) is 12.4. The number of aromatic nitrogens is 1. The predicted molar refractivity (Wildman–Crippen MR) is 71.6 cm³/mol. The lowest BCUT2D eigenvalue weighted by molar-refractivity contribution is 0.619. The summed E-state index contributed by atoms with van der Waals surface area (Å²) in [7, 11) is 0. The molecule has 2 aromatic rings. The van der Waals surface area contributed by atoms with Crippen molar-refractivity contribution in [1.29, 1.82) is 0 Å². The van der Waals surface area contributed by atoms with Gasteiger partial charge in [0.15, 0.2) is 0 Å². The molecule has 0 saturated heterocycles. The molecule has 0 N–H and O–H groups in total. The summed E-state index contributed by atoms with van der Waals surface area (Å²) in [5.41, 5.74) is 0.770. The highest BCUT2D eigenvalue weighted by Crippen LogP contribution is 2.17. The van der Waals surface area contributed by atoms with Crippen molar-refractivity contribution in [3.63, 3.8) is 0 Å². The second kappa shape index (κ2) is 5.14. The Kier molecular flexibility index (Phi) is 3.79. The summed E-state index contributed by atoms with van der Waals surface area (Å²) in [6.45, 7) is 0.414. The van der Waals surface area contributed by atoms with E-state index in [4.69, 9.17) is 0 Å². The number of halogens is 3. The summed E-state index contributed by atoms with van der Waals surface area (Å²) >= 11 is 6.43. The number of benzene rings is 1. The van der Waals surface area contributed by atoms with Crippen LogP contribution in [-0.2, 0) is 6.54 Å². The molecule has 0 saturated carbocycles. The van der Waals surface area contributed by atoms with Gasteiger partial charge in [-0.25, -0.2) is 4.39 Å². The highest BCUT2D eigenvalue weighted by Gasteiger charge is 2.02. The van der Waals surface area contributed by atoms with Crippen molar-refractivity contribution in [2.75, 3.05) is 0 Å². The Morgan fingerprint density at radius 2 is 1.94 bits per heavy atom. The van der Waals surface area contributed by atoms with E-state index in [-0.39, 0.29) is 11.4 Å². The van der Waals surface area contributed by atoms with E-state index in [1.54, 1.807) is 29.0 Å². The van der Waals surface area contributed by atoms with Crippen molar-refractivity contribution in [1.82, 2.24) is 4.57 Å². The van der Waals surface area contributed by atoms with E-state index in [0.717, 1.165) is 10.0 Å². The number of hydrogen-bond donors (Lipinski definition) is 0. The molecular formula is C12H8Br2FNO. The molecule has 0 amide bonds. The maximum Gasteiger partial charge on any atom is 0.250 e. The molecule has 0 atom stereocenters. The van der Waals surface area contributed by atoms with Crippen molar-refractivity contribution in [3.8, 4) is 0 Å². The molecule has 0 spiro atoms. The van der Waals surface area contributed by atoms with Gasteiger partial charge in [-0.15, -0.1) is 0 Å². The molecule has 0 radical (unpaired) electrons. The Labute approximate surface area is 114 Å². The Morgan fingerprint density at radius 3 is 2.65 bits per heavy atom. The molecule has 1 heterocycles. The Bertz CT molecular complexity index is 610. The number of pyridine rings is 1. The van der Waals surface area contributed by atoms with E-state index in [0.29, 0.717) is 11.0 Å². The van der Waals surface area contributed by atoms with E-state index in [1.807, 2.05) is 0 Å². The largest absolute Gasteiger partial charge is 0.310 e. The van der Waals surface area contributed by atoms with Gasteiger partial charge < -0.3 is 4.57 Å². The highest BCUT2D eigenvalue weighted by atomic mass is 79.9. The Balaban J connectivity index is 2.34. The first-order valence-corrected chi connectivity index (χ1v) is 6.45. The van der Waals surface area contributed by atoms with Crippen LogP contribution in [0.4, 0.5) is 4.39 Å². The van der Waals surface area contributed by atoms with Gasteiger partial charge >= 0.3 is 0 Å². The van der Waals surface area contributed by atoms with Gasteiger partial charge in [-0.2, -0.15) is 0 Å². The van der Waals surface area contributed by atoms with Crippen LogP contribution in [0.5, 0.6) is 0 Å². The average molecular weight is 361 g/mol. The third-order valence-corrected chi connectivity index (χ3v) is 3.36. The minimum atomic E-state index is -0.310. The number of hydrogen-bond acceptors (Lipinski definition) is 1. The summed E-state index contributed by atoms with van der Waals surface area (Å²) in [5, 5.41) is 0. The van der Waals surface area contributed by atoms with Gasteiger partial charge in [-0.1, -0.05) is 6.07 Å². The lowest BCUT2D eigenvalue weighted by atomic mass is 10.2. The molecule has 0 aliphatic carbocycles. The SMILES string of the molecule is O=c1ccc(Br)cn1Cc1ccc(F)c(Br)c1. The number of nitrogens with zero attached hydrogens (tertiary/aromatic N) is 1. The van der Waals surface area contributed by atoms with Crippen molar-refractivity contribution in [3.05, 3.63) is 67.2 Å². The summed E-state index contributed by atoms with van der Waals surface area (Å²) in [6, 6.07) is 7.89. The standard InChI is InChI=1S/C12H8Br2FNO/c13-9-2-4-12(17)16(7-9)6-8-1-3-11(15)10(14)5-8/h1-5,7H,6H2. The van der Waals surface area contributed by atoms with Crippen LogP contribution < -0.4 is 5.56 Å². The van der Waals surface area contributed by atoms with Crippen molar-refractivity contribution < 1.29 is 4.39 Å². The molecule has 2 nitrogen and oxygen atoms in total. The minimum absolute atomic E-state index is 0.0892. The van der Waals surface area contributed by atoms with Crippen molar-refractivity contribution in [2.24, 2.45) is 0 Å². The molecule has 1 aromatic heterocycles. The number of rotatable bonds is 2. The Morgan fingerprint density at radius 1 is 1.18 bits per heavy atom. The third-order valence-electron chi connectivity index (χ3n) is 2.28. The highest BCUT2D eigenvalue weighted by molar-refractivity contribution is 9.10. The molecule has 0 aliphatic heterocycles. The fraction of sp³-hybridized carbons (Fsp3) is 0.0833. The first-order chi connectivity index (χ1) is 8.06. The molecule has 17 heavy (non-hydrogen) atoms. The maximum absolute atomic E-state index is 13.1. The quantitative estimate of drug-likeness (QED) is 0.802. The van der Waals surface area contributed by atoms with E-state index in [9.17, 15) is 9.18 Å². The lowest BCUT2D eigenvalue weighted by Crippen LogP contribution is -2.18. The molecule has 2 rings (SSSR count). The van der Waals surface area contributed by atoms with E-state index in [2.05, 4.69) is 31.9 Å². The van der Waals surface area contributed by atoms with Crippen molar-refractivity contribution >= 4 is 31.9 Å². The first-order valence-electron chi connectivity index (χ1n) is 4.86. The van der Waals surface area contributed by atoms with Crippen LogP contribution in [0.15, 0.2) is 50.3 Å². The summed E-state index contributed by atoms with van der Waals surface area (Å²) < 4.78 is 15.8. The molecule has 1 aromatic carbocycles. The van der Waals surface area contributed by atoms with Crippen LogP contribution in [0.3, 0.4) is 0 Å². The molecule has 0 unspecified atom stereocenters. The van der Waals surface area contributed by atoms with Gasteiger partial charge in [-0.3, -0.25) is 4.79 Å². The van der Waals surface area contributed by atoms with E-state index < -0.39 is 0 Å². The molecule has 0 fully saturated rings. The zero-order valence-corrected chi connectivity index (χ0v) is 11.8. The lowest BCUT2D eigenvalue weighted by Gasteiger charge is -2.06. The van der Waals surface area contributed by atoms with Gasteiger partial charge in [0.2, 0.25) is 0 Å². The van der Waals surface area contributed by atoms with Gasteiger partial charge in [0.05, 0.1) is 11.0 Å². The monoisotopic (exact) mass is 359 g/mol. The third kappa shape index (κ3) is 3.04. The second-order valence-electron chi connectivity index (χ2n) is 3.56. The predicted octanol–water partition coefficient (Wildman–Crippen LogP) is 3.56. The first kappa shape index (κ1) is 12.5. The fourth-order valence-electron chi connectivity index (χ4n) is 1.46. The minimum Gasteiger partial charge on any atom is -0.310 e. The second-order valence-corrected chi connectivity index (χ2v) is 5.33. The average Bonchev–Trinajstić information content (AvgIpc) is 2.29. The van der Waals surface area contributed by atoms with E-state index >= 15 is 0 Å². The smallest absolute Gasteiger partial charge is 0.250 e. The molecule has 0 bridgehead atoms. The van der Waals surface area contributed by atoms with Crippen molar-refractivity contribution in [2.45, 2.75) is 6.54 Å². The normalized spacial score (nSPS) is 10.5. The summed E-state index contributed by atoms with van der Waals surface area (Å²) in [6.07, 6.45) is 1.71. The molecular weight excluding hydrogens is 353 g/mol. The van der Waals surface area contributed by atoms with Gasteiger partial charge in [0, 0.05) is 16.7 Å². The van der Waals surface area contributed by atoms with Crippen LogP contribution in [0.2, 0.25) is 0 Å². The zero-order valence-electron chi connectivity index (χ0n) is 8.66. The topological polar surface area (TPSA) is 22.0 Å². The van der Waals surface area contributed by atoms with Crippen LogP contribution >= 0.6 is 31.9 Å². The van der Waals surface area contributed by atoms with Crippen LogP contribution in [0.1, 0.15) is 5.56 Å². The van der Waals surface area contributed by atoms with Crippen LogP contribution in [0, 0.1) is 5.82 Å². The Hall–Kier alpha value is -0.940. The fourth-order valence-corrected chi connectivity index (χ4v) is 2.27. The maximum atomic E-state index is 13.1. The molecule has 5 heteroatoms. The van der Waals surface area contributed by atoms with Gasteiger partial charge in [0.1, 0.15) is 5.82 Å². The molecule has 88 valence electrons. The van der Waals surface area contributed by atoms with E-state index in [1.165, 1.54) is 12.1 Å².